The van der Waals surface area contributed by atoms with E-state index in [9.17, 15) is 4.79 Å². The first-order valence-electron chi connectivity index (χ1n) is 7.24. The lowest BCUT2D eigenvalue weighted by molar-refractivity contribution is -0.115. The molecule has 5 nitrogen and oxygen atoms in total. The number of nitrogens with zero attached hydrogens (tertiary/aromatic N) is 2. The van der Waals surface area contributed by atoms with Crippen LogP contribution < -0.4 is 10.1 Å². The molecular weight excluding hydrogens is 330 g/mol. The summed E-state index contributed by atoms with van der Waals surface area (Å²) in [4.78, 5) is 21.1. The number of hydrogen-bond donors (Lipinski definition) is 1. The topological polar surface area (TPSA) is 64.1 Å². The zero-order chi connectivity index (χ0) is 16.4. The van der Waals surface area contributed by atoms with E-state index in [2.05, 4.69) is 29.1 Å². The molecule has 0 unspecified atom stereocenters. The SMILES string of the molecule is COc1ccc2nc(NC(=O)Cc3csc(C(C)C)n3)sc2c1. The zero-order valence-corrected chi connectivity index (χ0v) is 14.8. The van der Waals surface area contributed by atoms with E-state index < -0.39 is 0 Å². The van der Waals surface area contributed by atoms with Gasteiger partial charge in [-0.2, -0.15) is 0 Å². The van der Waals surface area contributed by atoms with Crippen molar-refractivity contribution in [3.05, 3.63) is 34.3 Å². The molecule has 0 bridgehead atoms. The summed E-state index contributed by atoms with van der Waals surface area (Å²) in [6, 6.07) is 5.66. The van der Waals surface area contributed by atoms with Crippen molar-refractivity contribution in [2.24, 2.45) is 0 Å². The number of ether oxygens (including phenoxy) is 1. The van der Waals surface area contributed by atoms with Gasteiger partial charge in [0.25, 0.3) is 0 Å². The number of carbonyl (C=O) groups is 1. The average Bonchev–Trinajstić information content (AvgIpc) is 3.12. The molecule has 3 aromatic rings. The number of amides is 1. The van der Waals surface area contributed by atoms with E-state index in [0.29, 0.717) is 11.0 Å². The van der Waals surface area contributed by atoms with Crippen LogP contribution in [0.2, 0.25) is 0 Å². The zero-order valence-electron chi connectivity index (χ0n) is 13.1. The molecule has 23 heavy (non-hydrogen) atoms. The lowest BCUT2D eigenvalue weighted by Gasteiger charge is -1.99. The Kier molecular flexibility index (Phi) is 4.58. The summed E-state index contributed by atoms with van der Waals surface area (Å²) in [5, 5.41) is 6.44. The number of carbonyl (C=O) groups excluding carboxylic acids is 1. The summed E-state index contributed by atoms with van der Waals surface area (Å²) in [5.41, 5.74) is 1.65. The first-order chi connectivity index (χ1) is 11.0. The summed E-state index contributed by atoms with van der Waals surface area (Å²) >= 11 is 3.03. The van der Waals surface area contributed by atoms with Gasteiger partial charge in [-0.15, -0.1) is 11.3 Å². The molecule has 1 amide bonds. The second-order valence-electron chi connectivity index (χ2n) is 5.41. The van der Waals surface area contributed by atoms with Gasteiger partial charge in [-0.25, -0.2) is 9.97 Å². The van der Waals surface area contributed by atoms with Gasteiger partial charge in [-0.05, 0) is 18.2 Å². The van der Waals surface area contributed by atoms with E-state index in [1.165, 1.54) is 11.3 Å². The minimum Gasteiger partial charge on any atom is -0.497 e. The standard InChI is InChI=1S/C16H17N3O2S2/c1-9(2)15-17-10(8-22-15)6-14(20)19-16-18-12-5-4-11(21-3)7-13(12)23-16/h4-5,7-9H,6H2,1-3H3,(H,18,19,20). The highest BCUT2D eigenvalue weighted by molar-refractivity contribution is 7.22. The van der Waals surface area contributed by atoms with Crippen LogP contribution in [0.4, 0.5) is 5.13 Å². The van der Waals surface area contributed by atoms with Gasteiger partial charge in [-0.1, -0.05) is 25.2 Å². The number of rotatable bonds is 5. The van der Waals surface area contributed by atoms with Crippen molar-refractivity contribution < 1.29 is 9.53 Å². The van der Waals surface area contributed by atoms with Crippen LogP contribution in [0.1, 0.15) is 30.5 Å². The largest absolute Gasteiger partial charge is 0.497 e. The van der Waals surface area contributed by atoms with Crippen molar-refractivity contribution in [3.8, 4) is 5.75 Å². The monoisotopic (exact) mass is 347 g/mol. The van der Waals surface area contributed by atoms with Crippen LogP contribution in [0.15, 0.2) is 23.6 Å². The van der Waals surface area contributed by atoms with Crippen LogP contribution >= 0.6 is 22.7 Å². The Morgan fingerprint density at radius 3 is 2.87 bits per heavy atom. The molecule has 1 N–H and O–H groups in total. The molecule has 0 fully saturated rings. The molecule has 1 aromatic carbocycles. The highest BCUT2D eigenvalue weighted by atomic mass is 32.1. The van der Waals surface area contributed by atoms with Crippen molar-refractivity contribution in [3.63, 3.8) is 0 Å². The number of thiazole rings is 2. The van der Waals surface area contributed by atoms with E-state index in [0.717, 1.165) is 26.7 Å². The number of aromatic nitrogens is 2. The molecule has 0 atom stereocenters. The third kappa shape index (κ3) is 3.68. The molecule has 120 valence electrons. The maximum atomic E-state index is 12.2. The highest BCUT2D eigenvalue weighted by Crippen LogP contribution is 2.29. The summed E-state index contributed by atoms with van der Waals surface area (Å²) in [6.07, 6.45) is 0.266. The lowest BCUT2D eigenvalue weighted by Crippen LogP contribution is -2.14. The van der Waals surface area contributed by atoms with Gasteiger partial charge in [0.1, 0.15) is 5.75 Å². The first kappa shape index (κ1) is 15.9. The van der Waals surface area contributed by atoms with E-state index in [1.54, 1.807) is 18.4 Å². The number of benzene rings is 1. The Labute approximate surface area is 142 Å². The number of fused-ring (bicyclic) bond motifs is 1. The van der Waals surface area contributed by atoms with E-state index in [4.69, 9.17) is 4.74 Å². The minimum atomic E-state index is -0.100. The molecule has 0 aliphatic carbocycles. The van der Waals surface area contributed by atoms with Crippen LogP contribution in [0.5, 0.6) is 5.75 Å². The number of nitrogens with one attached hydrogen (secondary N) is 1. The van der Waals surface area contributed by atoms with E-state index >= 15 is 0 Å². The van der Waals surface area contributed by atoms with Crippen LogP contribution in [-0.4, -0.2) is 23.0 Å². The first-order valence-corrected chi connectivity index (χ1v) is 8.93. The molecule has 0 saturated carbocycles. The summed E-state index contributed by atoms with van der Waals surface area (Å²) in [6.45, 7) is 4.19. The van der Waals surface area contributed by atoms with Crippen LogP contribution in [0.3, 0.4) is 0 Å². The number of anilines is 1. The van der Waals surface area contributed by atoms with Gasteiger partial charge in [0.2, 0.25) is 5.91 Å². The molecule has 0 radical (unpaired) electrons. The summed E-state index contributed by atoms with van der Waals surface area (Å²) in [5.74, 6) is 1.07. The van der Waals surface area contributed by atoms with Gasteiger partial charge in [0.05, 0.1) is 34.4 Å². The van der Waals surface area contributed by atoms with Gasteiger partial charge < -0.3 is 10.1 Å². The second kappa shape index (κ2) is 6.64. The van der Waals surface area contributed by atoms with Crippen molar-refractivity contribution >= 4 is 43.9 Å². The normalized spacial score (nSPS) is 11.1. The Morgan fingerprint density at radius 1 is 1.35 bits per heavy atom. The molecule has 0 saturated heterocycles. The van der Waals surface area contributed by atoms with E-state index in [1.807, 2.05) is 23.6 Å². The fraction of sp³-hybridized carbons (Fsp3) is 0.312. The van der Waals surface area contributed by atoms with Crippen LogP contribution in [0, 0.1) is 0 Å². The quantitative estimate of drug-likeness (QED) is 0.756. The second-order valence-corrected chi connectivity index (χ2v) is 7.33. The summed E-state index contributed by atoms with van der Waals surface area (Å²) < 4.78 is 6.18. The molecule has 2 aromatic heterocycles. The Balaban J connectivity index is 1.69. The Bertz CT molecular complexity index is 839. The molecular formula is C16H17N3O2S2. The van der Waals surface area contributed by atoms with Crippen molar-refractivity contribution in [2.45, 2.75) is 26.2 Å². The third-order valence-electron chi connectivity index (χ3n) is 3.25. The highest BCUT2D eigenvalue weighted by Gasteiger charge is 2.12. The minimum absolute atomic E-state index is 0.100. The fourth-order valence-electron chi connectivity index (χ4n) is 2.08. The number of methoxy groups -OCH3 is 1. The maximum Gasteiger partial charge on any atom is 0.232 e. The van der Waals surface area contributed by atoms with Crippen LogP contribution in [0.25, 0.3) is 10.2 Å². The smallest absolute Gasteiger partial charge is 0.232 e. The molecule has 0 aliphatic heterocycles. The fourth-order valence-corrected chi connectivity index (χ4v) is 3.83. The third-order valence-corrected chi connectivity index (χ3v) is 5.37. The maximum absolute atomic E-state index is 12.2. The van der Waals surface area contributed by atoms with Crippen LogP contribution in [-0.2, 0) is 11.2 Å². The molecule has 3 rings (SSSR count). The summed E-state index contributed by atoms with van der Waals surface area (Å²) in [7, 11) is 1.63. The van der Waals surface area contributed by atoms with E-state index in [-0.39, 0.29) is 12.3 Å². The number of hydrogen-bond acceptors (Lipinski definition) is 6. The van der Waals surface area contributed by atoms with Crippen molar-refractivity contribution in [1.29, 1.82) is 0 Å². The van der Waals surface area contributed by atoms with Gasteiger partial charge in [0.15, 0.2) is 5.13 Å². The average molecular weight is 347 g/mol. The predicted molar refractivity (Wildman–Crippen MR) is 94.7 cm³/mol. The van der Waals surface area contributed by atoms with Crippen molar-refractivity contribution in [1.82, 2.24) is 9.97 Å². The molecule has 0 aliphatic rings. The predicted octanol–water partition coefficient (Wildman–Crippen LogP) is 4.07. The molecule has 0 spiro atoms. The molecule has 2 heterocycles. The van der Waals surface area contributed by atoms with Crippen molar-refractivity contribution in [2.75, 3.05) is 12.4 Å². The lowest BCUT2D eigenvalue weighted by atomic mass is 10.2. The van der Waals surface area contributed by atoms with Gasteiger partial charge in [0, 0.05) is 11.3 Å². The Morgan fingerprint density at radius 2 is 2.17 bits per heavy atom. The van der Waals surface area contributed by atoms with Gasteiger partial charge in [-0.3, -0.25) is 4.79 Å². The molecule has 7 heteroatoms. The Hall–Kier alpha value is -1.99. The van der Waals surface area contributed by atoms with Gasteiger partial charge >= 0.3 is 0 Å².